The van der Waals surface area contributed by atoms with Crippen LogP contribution in [-0.4, -0.2) is 65.1 Å². The molecule has 7 atom stereocenters. The number of aliphatic hydroxyl groups is 3. The maximum Gasteiger partial charge on any atom is 0.276 e. The summed E-state index contributed by atoms with van der Waals surface area (Å²) in [6.07, 6.45) is 39.2. The van der Waals surface area contributed by atoms with Crippen molar-refractivity contribution in [3.8, 4) is 0 Å². The molecule has 0 saturated carbocycles. The number of hydrogen-bond donors (Lipinski definition) is 4. The Bertz CT molecular complexity index is 2260. The van der Waals surface area contributed by atoms with Gasteiger partial charge in [-0.05, 0) is 212 Å². The van der Waals surface area contributed by atoms with Crippen LogP contribution >= 0.6 is 15.6 Å². The van der Waals surface area contributed by atoms with Crippen LogP contribution in [0.4, 0.5) is 0 Å². The number of amides is 1. The number of phosphoric ester groups is 2. The molecule has 1 saturated heterocycles. The quantitative estimate of drug-likeness (QED) is 0.0335. The zero-order chi connectivity index (χ0) is 58.7. The summed E-state index contributed by atoms with van der Waals surface area (Å²) in [5.74, 6) is -0.740. The topological polar surface area (TPSA) is 207 Å². The third-order valence-electron chi connectivity index (χ3n) is 13.7. The van der Waals surface area contributed by atoms with Crippen LogP contribution in [0, 0.1) is 0 Å². The van der Waals surface area contributed by atoms with Crippen molar-refractivity contribution >= 4 is 21.6 Å². The third-order valence-corrected chi connectivity index (χ3v) is 16.3. The number of hydrogen-bond acceptors (Lipinski definition) is 12. The lowest BCUT2D eigenvalue weighted by Crippen LogP contribution is -2.64. The van der Waals surface area contributed by atoms with Gasteiger partial charge in [0.2, 0.25) is 5.91 Å². The Labute approximate surface area is 472 Å². The fourth-order valence-electron chi connectivity index (χ4n) is 8.65. The number of nitrogens with one attached hydrogen (secondary N) is 1. The molecular formula is C63H103NO12P2-2. The molecular weight excluding hydrogens is 1020 g/mol. The van der Waals surface area contributed by atoms with Crippen LogP contribution in [0.2, 0.25) is 0 Å². The second-order valence-electron chi connectivity index (χ2n) is 22.0. The minimum Gasteiger partial charge on any atom is -0.756 e. The molecule has 1 rings (SSSR count). The summed E-state index contributed by atoms with van der Waals surface area (Å²) in [6, 6.07) is -1.64. The molecule has 0 aromatic rings. The van der Waals surface area contributed by atoms with E-state index in [2.05, 4.69) is 151 Å². The van der Waals surface area contributed by atoms with E-state index in [4.69, 9.17) is 9.26 Å². The molecule has 1 fully saturated rings. The van der Waals surface area contributed by atoms with E-state index in [1.807, 2.05) is 0 Å². The molecule has 0 radical (unpaired) electrons. The van der Waals surface area contributed by atoms with E-state index in [1.165, 1.54) is 68.2 Å². The van der Waals surface area contributed by atoms with Crippen LogP contribution in [0.1, 0.15) is 218 Å². The Kier molecular flexibility index (Phi) is 38.1. The lowest BCUT2D eigenvalue weighted by Gasteiger charge is -2.43. The smallest absolute Gasteiger partial charge is 0.276 e. The first-order chi connectivity index (χ1) is 36.7. The molecule has 15 heteroatoms. The van der Waals surface area contributed by atoms with E-state index < -0.39 is 65.4 Å². The van der Waals surface area contributed by atoms with Crippen molar-refractivity contribution in [3.05, 3.63) is 128 Å². The zero-order valence-corrected chi connectivity index (χ0v) is 52.0. The predicted octanol–water partition coefficient (Wildman–Crippen LogP) is 15.1. The molecule has 1 aliphatic heterocycles. The summed E-state index contributed by atoms with van der Waals surface area (Å²) in [5, 5.41) is 32.0. The Morgan fingerprint density at radius 1 is 0.462 bits per heavy atom. The van der Waals surface area contributed by atoms with E-state index in [0.717, 1.165) is 128 Å². The van der Waals surface area contributed by atoms with Crippen LogP contribution in [0.15, 0.2) is 128 Å². The van der Waals surface area contributed by atoms with Gasteiger partial charge in [0.1, 0.15) is 24.4 Å². The predicted molar refractivity (Wildman–Crippen MR) is 318 cm³/mol. The monoisotopic (exact) mass is 1130 g/mol. The molecule has 0 aromatic heterocycles. The minimum absolute atomic E-state index is 0.497. The summed E-state index contributed by atoms with van der Waals surface area (Å²) >= 11 is 0. The van der Waals surface area contributed by atoms with Gasteiger partial charge in [-0.15, -0.1) is 0 Å². The number of allylic oxidation sites excluding steroid dienone is 21. The fourth-order valence-corrected chi connectivity index (χ4v) is 10.7. The first-order valence-corrected chi connectivity index (χ1v) is 31.4. The maximum atomic E-state index is 12.5. The van der Waals surface area contributed by atoms with Crippen molar-refractivity contribution in [2.75, 3.05) is 13.2 Å². The first-order valence-electron chi connectivity index (χ1n) is 28.5. The van der Waals surface area contributed by atoms with Crippen molar-refractivity contribution in [1.82, 2.24) is 5.32 Å². The Morgan fingerprint density at radius 3 is 1.01 bits per heavy atom. The van der Waals surface area contributed by atoms with Gasteiger partial charge in [0, 0.05) is 6.92 Å². The van der Waals surface area contributed by atoms with Gasteiger partial charge in [-0.2, -0.15) is 0 Å². The number of carbonyl (C=O) groups excluding carboxylic acids is 1. The van der Waals surface area contributed by atoms with Crippen LogP contribution < -0.4 is 15.1 Å². The standard InChI is InChI=1S/C63H105NO12P2/c1-47(2)24-14-25-48(3)26-15-27-49(4)28-16-29-50(5)30-17-31-51(6)32-18-33-52(7)34-19-35-53(8)36-20-37-54(9)38-21-39-55(10)40-22-41-56(11)42-23-43-57(12)44-45-73-77(69,70)76-78(71,72)75-63-60(64-58(13)66)62(68)61(67)59(46-65)74-63/h24,26,28,30,32,34,36,38,40,42,44,59-63,65,67-68H,14-23,25,27,29,31,33,35,37,39,41,43,45-46H2,1-13H3,(H,64,66)(H,69,70)(H,71,72)/p-2/b48-26+,49-28+,50-30-,51-32-,52-34-,53-36-,54-38-,55-40-,56-42-,57-44-/t59-,60-,61-,62-,63?/m1/s1. The molecule has 1 heterocycles. The molecule has 0 aromatic carbocycles. The molecule has 3 unspecified atom stereocenters. The van der Waals surface area contributed by atoms with Gasteiger partial charge in [-0.3, -0.25) is 18.4 Å². The SMILES string of the molecule is CC(=O)N[C@H]1C(OP(=O)([O-])OP(=O)([O-])OC/C=C(/C)CC/C=C(/C)CC/C=C(/C)CC/C=C(/C)CC/C=C(/C)CC/C=C(/C)CC/C=C(/C)CC/C=C(/C)CC/C=C(\C)CC/C=C(\C)CCC=C(C)C)O[C@H](CO)[C@@H](O)[C@@H]1O. The van der Waals surface area contributed by atoms with Crippen molar-refractivity contribution in [2.45, 2.75) is 249 Å². The molecule has 4 N–H and O–H groups in total. The number of rotatable bonds is 39. The molecule has 0 spiro atoms. The van der Waals surface area contributed by atoms with Gasteiger partial charge >= 0.3 is 0 Å². The summed E-state index contributed by atoms with van der Waals surface area (Å²) in [4.78, 5) is 36.4. The molecule has 78 heavy (non-hydrogen) atoms. The largest absolute Gasteiger partial charge is 0.756 e. The normalized spacial score (nSPS) is 21.6. The highest BCUT2D eigenvalue weighted by molar-refractivity contribution is 7.59. The van der Waals surface area contributed by atoms with E-state index in [-0.39, 0.29) is 0 Å². The molecule has 1 amide bonds. The van der Waals surface area contributed by atoms with Crippen LogP contribution in [0.5, 0.6) is 0 Å². The maximum absolute atomic E-state index is 12.5. The molecule has 1 aliphatic rings. The molecule has 0 bridgehead atoms. The van der Waals surface area contributed by atoms with E-state index >= 15 is 0 Å². The Balaban J connectivity index is 2.33. The Morgan fingerprint density at radius 2 is 0.744 bits per heavy atom. The molecule has 13 nitrogen and oxygen atoms in total. The summed E-state index contributed by atoms with van der Waals surface area (Å²) in [7, 11) is -11.2. The zero-order valence-electron chi connectivity index (χ0n) is 50.2. The van der Waals surface area contributed by atoms with Gasteiger partial charge < -0.3 is 39.7 Å². The van der Waals surface area contributed by atoms with Gasteiger partial charge in [0.15, 0.2) is 6.29 Å². The lowest BCUT2D eigenvalue weighted by molar-refractivity contribution is -0.284. The lowest BCUT2D eigenvalue weighted by atomic mass is 9.97. The van der Waals surface area contributed by atoms with Crippen molar-refractivity contribution in [2.24, 2.45) is 0 Å². The van der Waals surface area contributed by atoms with E-state index in [9.17, 15) is 39.0 Å². The first kappa shape index (κ1) is 72.7. The second-order valence-corrected chi connectivity index (χ2v) is 24.9. The molecule has 444 valence electrons. The van der Waals surface area contributed by atoms with Crippen LogP contribution in [-0.2, 0) is 32.0 Å². The highest BCUT2D eigenvalue weighted by Gasteiger charge is 2.47. The second kappa shape index (κ2) is 40.8. The number of ether oxygens (including phenoxy) is 1. The van der Waals surface area contributed by atoms with Crippen molar-refractivity contribution in [3.63, 3.8) is 0 Å². The van der Waals surface area contributed by atoms with Gasteiger partial charge in [0.25, 0.3) is 15.6 Å². The fraction of sp³-hybridized carbons (Fsp3) is 0.635. The highest BCUT2D eigenvalue weighted by atomic mass is 31.3. The third kappa shape index (κ3) is 36.9. The van der Waals surface area contributed by atoms with Crippen LogP contribution in [0.25, 0.3) is 0 Å². The number of phosphoric acid groups is 2. The number of carbonyl (C=O) groups is 1. The van der Waals surface area contributed by atoms with Crippen molar-refractivity contribution < 1.29 is 57.1 Å². The van der Waals surface area contributed by atoms with Crippen LogP contribution in [0.3, 0.4) is 0 Å². The minimum atomic E-state index is -5.73. The van der Waals surface area contributed by atoms with Gasteiger partial charge in [-0.25, -0.2) is 4.31 Å². The average Bonchev–Trinajstić information content (AvgIpc) is 3.33. The van der Waals surface area contributed by atoms with E-state index in [0.29, 0.717) is 6.42 Å². The van der Waals surface area contributed by atoms with Gasteiger partial charge in [-0.1, -0.05) is 128 Å². The Hall–Kier alpha value is -3.29. The average molecular weight is 1130 g/mol. The number of aliphatic hydroxyl groups excluding tert-OH is 3. The summed E-state index contributed by atoms with van der Waals surface area (Å²) in [5.41, 5.74) is 15.2. The van der Waals surface area contributed by atoms with Crippen molar-refractivity contribution in [1.29, 1.82) is 0 Å². The van der Waals surface area contributed by atoms with E-state index in [1.54, 1.807) is 6.92 Å². The summed E-state index contributed by atoms with van der Waals surface area (Å²) in [6.45, 7) is 26.0. The molecule has 0 aliphatic carbocycles. The highest BCUT2D eigenvalue weighted by Crippen LogP contribution is 2.56. The summed E-state index contributed by atoms with van der Waals surface area (Å²) < 4.78 is 43.5. The van der Waals surface area contributed by atoms with Gasteiger partial charge in [0.05, 0.1) is 13.2 Å².